The van der Waals surface area contributed by atoms with Crippen molar-refractivity contribution in [2.75, 3.05) is 0 Å². The number of rotatable bonds is 14. The van der Waals surface area contributed by atoms with Crippen molar-refractivity contribution >= 4 is 0 Å². The van der Waals surface area contributed by atoms with Crippen LogP contribution in [0.4, 0.5) is 0 Å². The molecule has 0 aliphatic rings. The first-order chi connectivity index (χ1) is 12.8. The fourth-order valence-corrected chi connectivity index (χ4v) is 3.75. The lowest BCUT2D eigenvalue weighted by Crippen LogP contribution is -2.37. The third kappa shape index (κ3) is 7.35. The molecule has 2 aromatic rings. The number of aryl methyl sites for hydroxylation is 3. The molecule has 2 heteroatoms. The molecule has 0 aliphatic carbocycles. The summed E-state index contributed by atoms with van der Waals surface area (Å²) in [6, 6.07) is 10.9. The lowest BCUT2D eigenvalue weighted by Gasteiger charge is -2.05. The second kappa shape index (κ2) is 12.7. The van der Waals surface area contributed by atoms with Gasteiger partial charge in [-0.2, -0.15) is 0 Å². The van der Waals surface area contributed by atoms with E-state index in [-0.39, 0.29) is 0 Å². The van der Waals surface area contributed by atoms with Crippen LogP contribution < -0.4 is 4.57 Å². The number of hydrogen-bond donors (Lipinski definition) is 0. The summed E-state index contributed by atoms with van der Waals surface area (Å²) in [5.74, 6) is 1.52. The van der Waals surface area contributed by atoms with Crippen LogP contribution >= 0.6 is 0 Å². The molecule has 0 unspecified atom stereocenters. The summed E-state index contributed by atoms with van der Waals surface area (Å²) >= 11 is 0. The molecule has 1 heterocycles. The minimum Gasteiger partial charge on any atom is -0.234 e. The topological polar surface area (TPSA) is 8.81 Å². The van der Waals surface area contributed by atoms with Crippen molar-refractivity contribution in [1.82, 2.24) is 4.57 Å². The van der Waals surface area contributed by atoms with Gasteiger partial charge in [0.2, 0.25) is 0 Å². The molecule has 2 rings (SSSR count). The van der Waals surface area contributed by atoms with Gasteiger partial charge >= 0.3 is 0 Å². The standard InChI is InChI=1S/C24H39N2/c1-3-5-6-7-8-9-13-19-25-21-22-26(24(25)15-4-2)20-14-18-23-16-11-10-12-17-23/h10-12,16-17,21-22H,3-9,13-15,18-20H2,1-2H3/q+1. The third-order valence-electron chi connectivity index (χ3n) is 5.27. The average Bonchev–Trinajstić information content (AvgIpc) is 3.04. The van der Waals surface area contributed by atoms with Gasteiger partial charge in [0, 0.05) is 6.42 Å². The fourth-order valence-electron chi connectivity index (χ4n) is 3.75. The Kier molecular flexibility index (Phi) is 10.2. The Labute approximate surface area is 161 Å². The van der Waals surface area contributed by atoms with E-state index in [1.807, 2.05) is 0 Å². The van der Waals surface area contributed by atoms with Crippen LogP contribution in [0, 0.1) is 0 Å². The fraction of sp³-hybridized carbons (Fsp3) is 0.625. The van der Waals surface area contributed by atoms with Gasteiger partial charge in [0.05, 0.1) is 13.1 Å². The van der Waals surface area contributed by atoms with Gasteiger partial charge < -0.3 is 0 Å². The molecule has 0 N–H and O–H groups in total. The van der Waals surface area contributed by atoms with E-state index in [9.17, 15) is 0 Å². The minimum atomic E-state index is 1.13. The maximum Gasteiger partial charge on any atom is 0.256 e. The Morgan fingerprint density at radius 3 is 2.23 bits per heavy atom. The molecule has 0 atom stereocenters. The normalized spacial score (nSPS) is 11.2. The van der Waals surface area contributed by atoms with Crippen LogP contribution in [0.15, 0.2) is 42.7 Å². The highest BCUT2D eigenvalue weighted by Gasteiger charge is 2.15. The predicted molar refractivity (Wildman–Crippen MR) is 111 cm³/mol. The van der Waals surface area contributed by atoms with Crippen molar-refractivity contribution in [3.05, 3.63) is 54.1 Å². The summed E-state index contributed by atoms with van der Waals surface area (Å²) in [7, 11) is 0. The summed E-state index contributed by atoms with van der Waals surface area (Å²) in [5, 5.41) is 0. The van der Waals surface area contributed by atoms with Crippen molar-refractivity contribution in [2.45, 2.75) is 97.6 Å². The highest BCUT2D eigenvalue weighted by molar-refractivity contribution is 5.14. The molecule has 0 fully saturated rings. The highest BCUT2D eigenvalue weighted by atomic mass is 15.1. The Morgan fingerprint density at radius 2 is 1.50 bits per heavy atom. The van der Waals surface area contributed by atoms with E-state index in [2.05, 4.69) is 65.7 Å². The molecule has 1 aromatic carbocycles. The Bertz CT molecular complexity index is 586. The van der Waals surface area contributed by atoms with E-state index >= 15 is 0 Å². The zero-order chi connectivity index (χ0) is 18.5. The average molecular weight is 356 g/mol. The summed E-state index contributed by atoms with van der Waals surface area (Å²) < 4.78 is 5.01. The van der Waals surface area contributed by atoms with Crippen molar-refractivity contribution in [3.63, 3.8) is 0 Å². The first-order valence-corrected chi connectivity index (χ1v) is 11.0. The SMILES string of the molecule is CCCCCCCCCn1cc[n+](CCCc2ccccc2)c1CCC. The molecule has 144 valence electrons. The Balaban J connectivity index is 1.76. The molecule has 0 bridgehead atoms. The van der Waals surface area contributed by atoms with E-state index in [1.54, 1.807) is 0 Å². The molecule has 0 aliphatic heterocycles. The number of unbranched alkanes of at least 4 members (excludes halogenated alkanes) is 6. The summed E-state index contributed by atoms with van der Waals surface area (Å²) in [4.78, 5) is 0. The first-order valence-electron chi connectivity index (χ1n) is 11.0. The van der Waals surface area contributed by atoms with Gasteiger partial charge in [-0.15, -0.1) is 0 Å². The molecule has 26 heavy (non-hydrogen) atoms. The van der Waals surface area contributed by atoms with Crippen LogP contribution in [-0.2, 0) is 25.9 Å². The summed E-state index contributed by atoms with van der Waals surface area (Å²) in [6.07, 6.45) is 19.1. The van der Waals surface area contributed by atoms with Gasteiger partial charge in [-0.1, -0.05) is 76.3 Å². The Hall–Kier alpha value is -1.57. The van der Waals surface area contributed by atoms with Crippen LogP contribution in [-0.4, -0.2) is 4.57 Å². The maximum atomic E-state index is 2.51. The molecular formula is C24H39N2+. The maximum absolute atomic E-state index is 2.51. The molecule has 0 amide bonds. The highest BCUT2D eigenvalue weighted by Crippen LogP contribution is 2.10. The van der Waals surface area contributed by atoms with E-state index in [0.29, 0.717) is 0 Å². The van der Waals surface area contributed by atoms with Crippen LogP contribution in [0.5, 0.6) is 0 Å². The van der Waals surface area contributed by atoms with Crippen molar-refractivity contribution in [1.29, 1.82) is 0 Å². The number of aromatic nitrogens is 2. The molecule has 0 radical (unpaired) electrons. The van der Waals surface area contributed by atoms with Gasteiger partial charge in [-0.05, 0) is 37.7 Å². The molecule has 0 saturated carbocycles. The van der Waals surface area contributed by atoms with E-state index in [0.717, 1.165) is 6.54 Å². The second-order valence-electron chi connectivity index (χ2n) is 7.56. The van der Waals surface area contributed by atoms with E-state index in [1.165, 1.54) is 88.6 Å². The van der Waals surface area contributed by atoms with E-state index in [4.69, 9.17) is 0 Å². The van der Waals surface area contributed by atoms with Crippen molar-refractivity contribution in [2.24, 2.45) is 0 Å². The molecular weight excluding hydrogens is 316 g/mol. The Morgan fingerprint density at radius 1 is 0.769 bits per heavy atom. The molecule has 0 saturated heterocycles. The number of hydrogen-bond acceptors (Lipinski definition) is 0. The van der Waals surface area contributed by atoms with Crippen molar-refractivity contribution in [3.8, 4) is 0 Å². The lowest BCUT2D eigenvalue weighted by atomic mass is 10.1. The van der Waals surface area contributed by atoms with Gasteiger partial charge in [0.15, 0.2) is 0 Å². The largest absolute Gasteiger partial charge is 0.256 e. The van der Waals surface area contributed by atoms with Crippen LogP contribution in [0.1, 0.15) is 83.0 Å². The van der Waals surface area contributed by atoms with Gasteiger partial charge in [-0.25, -0.2) is 9.13 Å². The summed E-state index contributed by atoms with van der Waals surface area (Å²) in [6.45, 7) is 6.90. The number of nitrogens with zero attached hydrogens (tertiary/aromatic N) is 2. The molecule has 2 nitrogen and oxygen atoms in total. The van der Waals surface area contributed by atoms with Gasteiger partial charge in [0.1, 0.15) is 12.4 Å². The quantitative estimate of drug-likeness (QED) is 0.285. The van der Waals surface area contributed by atoms with Crippen molar-refractivity contribution < 1.29 is 4.57 Å². The first kappa shape index (κ1) is 20.7. The number of imidazole rings is 1. The minimum absolute atomic E-state index is 1.13. The number of benzene rings is 1. The second-order valence-corrected chi connectivity index (χ2v) is 7.56. The molecule has 1 aromatic heterocycles. The zero-order valence-corrected chi connectivity index (χ0v) is 17.1. The van der Waals surface area contributed by atoms with E-state index < -0.39 is 0 Å². The van der Waals surface area contributed by atoms with Crippen LogP contribution in [0.2, 0.25) is 0 Å². The summed E-state index contributed by atoms with van der Waals surface area (Å²) in [5.41, 5.74) is 1.45. The monoisotopic (exact) mass is 355 g/mol. The molecule has 0 spiro atoms. The predicted octanol–water partition coefficient (Wildman–Crippen LogP) is 6.11. The lowest BCUT2D eigenvalue weighted by molar-refractivity contribution is -0.704. The van der Waals surface area contributed by atoms with Gasteiger partial charge in [0.25, 0.3) is 5.82 Å². The van der Waals surface area contributed by atoms with Crippen LogP contribution in [0.3, 0.4) is 0 Å². The smallest absolute Gasteiger partial charge is 0.234 e. The van der Waals surface area contributed by atoms with Crippen LogP contribution in [0.25, 0.3) is 0 Å². The third-order valence-corrected chi connectivity index (χ3v) is 5.27. The zero-order valence-electron chi connectivity index (χ0n) is 17.1. The van der Waals surface area contributed by atoms with Gasteiger partial charge in [-0.3, -0.25) is 0 Å².